The molecule has 0 N–H and O–H groups in total. The maximum Gasteiger partial charge on any atom is 0.318 e. The zero-order chi connectivity index (χ0) is 31.1. The summed E-state index contributed by atoms with van der Waals surface area (Å²) in [5, 5.41) is 2.70. The van der Waals surface area contributed by atoms with Crippen LogP contribution in [0.5, 0.6) is 6.01 Å². The molecule has 9 nitrogen and oxygen atoms in total. The Morgan fingerprint density at radius 2 is 1.93 bits per heavy atom. The molecule has 2 aromatic carbocycles. The van der Waals surface area contributed by atoms with Gasteiger partial charge in [-0.3, -0.25) is 9.69 Å². The first-order valence-corrected chi connectivity index (χ1v) is 16.0. The van der Waals surface area contributed by atoms with Gasteiger partial charge in [0.1, 0.15) is 18.5 Å². The van der Waals surface area contributed by atoms with Gasteiger partial charge in [0.2, 0.25) is 6.54 Å². The molecule has 45 heavy (non-hydrogen) atoms. The van der Waals surface area contributed by atoms with E-state index in [1.54, 1.807) is 0 Å². The van der Waals surface area contributed by atoms with Crippen LogP contribution in [0.3, 0.4) is 0 Å². The molecule has 1 aromatic heterocycles. The second kappa shape index (κ2) is 12.2. The highest BCUT2D eigenvalue weighted by Gasteiger charge is 2.45. The minimum absolute atomic E-state index is 0.0340. The Bertz CT molecular complexity index is 1680. The third kappa shape index (κ3) is 5.51. The number of benzene rings is 2. The first-order chi connectivity index (χ1) is 21.9. The molecule has 4 aliphatic rings. The van der Waals surface area contributed by atoms with Crippen LogP contribution in [0.2, 0.25) is 5.02 Å². The summed E-state index contributed by atoms with van der Waals surface area (Å²) < 4.78 is 26.8. The zero-order valence-corrected chi connectivity index (χ0v) is 25.9. The standard InChI is InChI=1S/C34H36ClFN6O3/c1-22(36)32(43)42-16-15-40(19-24(42)18-37-2)31-26-20-44-29(25-9-3-7-23-8-4-10-27(35)30(23)25)17-28(26)38-33(39-31)45-21-34-11-5-13-41(34)14-6-12-34/h3-4,7-10,24,29H,1,5-6,11-21H2/t24-,29?/m0/s1. The lowest BCUT2D eigenvalue weighted by molar-refractivity contribution is -0.131. The number of halogens is 2. The largest absolute Gasteiger partial charge is 0.461 e. The first-order valence-electron chi connectivity index (χ1n) is 15.7. The molecule has 0 radical (unpaired) electrons. The van der Waals surface area contributed by atoms with Gasteiger partial charge in [-0.05, 0) is 55.8 Å². The molecule has 0 spiro atoms. The van der Waals surface area contributed by atoms with Gasteiger partial charge in [0.15, 0.2) is 5.83 Å². The molecule has 0 aliphatic carbocycles. The average molecular weight is 631 g/mol. The summed E-state index contributed by atoms with van der Waals surface area (Å²) >= 11 is 6.68. The third-order valence-electron chi connectivity index (χ3n) is 9.95. The molecule has 11 heteroatoms. The van der Waals surface area contributed by atoms with Crippen LogP contribution in [-0.2, 0) is 22.6 Å². The third-order valence-corrected chi connectivity index (χ3v) is 10.3. The lowest BCUT2D eigenvalue weighted by Crippen LogP contribution is -2.57. The Labute approximate surface area is 267 Å². The Hall–Kier alpha value is -3.78. The molecule has 4 aliphatic heterocycles. The fourth-order valence-electron chi connectivity index (χ4n) is 7.74. The highest BCUT2D eigenvalue weighted by molar-refractivity contribution is 6.35. The van der Waals surface area contributed by atoms with Crippen LogP contribution in [0.15, 0.2) is 48.8 Å². The topological polar surface area (TPSA) is 75.4 Å². The van der Waals surface area contributed by atoms with Gasteiger partial charge in [0.25, 0.3) is 5.91 Å². The van der Waals surface area contributed by atoms with E-state index < -0.39 is 17.8 Å². The summed E-state index contributed by atoms with van der Waals surface area (Å²) in [6, 6.07) is 11.8. The number of nitrogens with zero attached hydrogens (tertiary/aromatic N) is 6. The van der Waals surface area contributed by atoms with Gasteiger partial charge in [-0.1, -0.05) is 48.5 Å². The lowest BCUT2D eigenvalue weighted by atomic mass is 9.94. The van der Waals surface area contributed by atoms with E-state index in [2.05, 4.69) is 27.3 Å². The van der Waals surface area contributed by atoms with E-state index in [1.807, 2.05) is 30.3 Å². The number of ether oxygens (including phenoxy) is 2. The van der Waals surface area contributed by atoms with Crippen LogP contribution < -0.4 is 9.64 Å². The highest BCUT2D eigenvalue weighted by Crippen LogP contribution is 2.41. The number of anilines is 1. The fourth-order valence-corrected chi connectivity index (χ4v) is 8.03. The van der Waals surface area contributed by atoms with E-state index in [4.69, 9.17) is 37.6 Å². The van der Waals surface area contributed by atoms with E-state index in [0.29, 0.717) is 43.0 Å². The van der Waals surface area contributed by atoms with E-state index in [0.717, 1.165) is 53.5 Å². The van der Waals surface area contributed by atoms with Crippen LogP contribution in [0.25, 0.3) is 15.6 Å². The number of hydrogen-bond acceptors (Lipinski definition) is 7. The summed E-state index contributed by atoms with van der Waals surface area (Å²) in [6.45, 7) is 14.7. The normalized spacial score (nSPS) is 22.6. The van der Waals surface area contributed by atoms with Crippen molar-refractivity contribution in [2.45, 2.75) is 56.4 Å². The number of piperazine rings is 1. The molecule has 3 aromatic rings. The monoisotopic (exact) mass is 630 g/mol. The van der Waals surface area contributed by atoms with Gasteiger partial charge in [0, 0.05) is 42.0 Å². The van der Waals surface area contributed by atoms with Crippen molar-refractivity contribution in [1.29, 1.82) is 0 Å². The molecule has 5 heterocycles. The predicted octanol–water partition coefficient (Wildman–Crippen LogP) is 5.52. The Morgan fingerprint density at radius 1 is 1.16 bits per heavy atom. The molecule has 234 valence electrons. The van der Waals surface area contributed by atoms with Crippen LogP contribution in [0.1, 0.15) is 48.6 Å². The van der Waals surface area contributed by atoms with Crippen molar-refractivity contribution in [2.75, 3.05) is 50.8 Å². The van der Waals surface area contributed by atoms with Crippen LogP contribution in [0, 0.1) is 6.57 Å². The summed E-state index contributed by atoms with van der Waals surface area (Å²) in [7, 11) is 0. The van der Waals surface area contributed by atoms with E-state index in [-0.39, 0.29) is 31.3 Å². The van der Waals surface area contributed by atoms with Gasteiger partial charge in [-0.25, -0.2) is 11.0 Å². The molecule has 1 unspecified atom stereocenters. The number of carbonyl (C=O) groups is 1. The molecule has 0 saturated carbocycles. The number of aromatic nitrogens is 2. The fraction of sp³-hybridized carbons (Fsp3) is 0.471. The first kappa shape index (κ1) is 29.9. The number of hydrogen-bond donors (Lipinski definition) is 0. The van der Waals surface area contributed by atoms with Crippen molar-refractivity contribution in [3.05, 3.63) is 82.1 Å². The van der Waals surface area contributed by atoms with Crippen LogP contribution in [0.4, 0.5) is 10.2 Å². The molecule has 3 fully saturated rings. The van der Waals surface area contributed by atoms with Gasteiger partial charge in [-0.2, -0.15) is 9.97 Å². The second-order valence-corrected chi connectivity index (χ2v) is 12.9. The number of carbonyl (C=O) groups excluding carboxylic acids is 1. The summed E-state index contributed by atoms with van der Waals surface area (Å²) in [5.41, 5.74) is 2.75. The molecule has 1 amide bonds. The van der Waals surface area contributed by atoms with E-state index >= 15 is 0 Å². The van der Waals surface area contributed by atoms with Crippen molar-refractivity contribution in [3.63, 3.8) is 0 Å². The van der Waals surface area contributed by atoms with Gasteiger partial charge in [0.05, 0.1) is 23.9 Å². The van der Waals surface area contributed by atoms with Crippen LogP contribution >= 0.6 is 11.6 Å². The maximum atomic E-state index is 13.9. The van der Waals surface area contributed by atoms with Crippen molar-refractivity contribution < 1.29 is 18.7 Å². The Balaban J connectivity index is 1.23. The molecule has 7 rings (SSSR count). The number of fused-ring (bicyclic) bond motifs is 3. The summed E-state index contributed by atoms with van der Waals surface area (Å²) in [5.74, 6) is -1.11. The summed E-state index contributed by atoms with van der Waals surface area (Å²) in [6.07, 6.45) is 4.80. The average Bonchev–Trinajstić information content (AvgIpc) is 3.63. The molecule has 3 saturated heterocycles. The second-order valence-electron chi connectivity index (χ2n) is 12.5. The smallest absolute Gasteiger partial charge is 0.318 e. The molecular formula is C34H36ClFN6O3. The quantitative estimate of drug-likeness (QED) is 0.251. The van der Waals surface area contributed by atoms with Crippen molar-refractivity contribution in [1.82, 2.24) is 19.8 Å². The predicted molar refractivity (Wildman–Crippen MR) is 170 cm³/mol. The number of rotatable bonds is 7. The minimum Gasteiger partial charge on any atom is -0.461 e. The van der Waals surface area contributed by atoms with Crippen molar-refractivity contribution in [3.8, 4) is 6.01 Å². The van der Waals surface area contributed by atoms with E-state index in [9.17, 15) is 9.18 Å². The van der Waals surface area contributed by atoms with Gasteiger partial charge in [-0.15, -0.1) is 0 Å². The van der Waals surface area contributed by atoms with Gasteiger partial charge < -0.3 is 24.1 Å². The maximum absolute atomic E-state index is 13.9. The highest BCUT2D eigenvalue weighted by atomic mass is 35.5. The number of amides is 1. The van der Waals surface area contributed by atoms with E-state index in [1.165, 1.54) is 17.7 Å². The zero-order valence-electron chi connectivity index (χ0n) is 25.2. The lowest BCUT2D eigenvalue weighted by Gasteiger charge is -2.40. The minimum atomic E-state index is -1.02. The Kier molecular flexibility index (Phi) is 8.11. The van der Waals surface area contributed by atoms with Crippen molar-refractivity contribution in [2.24, 2.45) is 0 Å². The summed E-state index contributed by atoms with van der Waals surface area (Å²) in [4.78, 5) is 32.0. The molecular weight excluding hydrogens is 595 g/mol. The Morgan fingerprint density at radius 3 is 2.69 bits per heavy atom. The van der Waals surface area contributed by atoms with Crippen LogP contribution in [-0.4, -0.2) is 83.1 Å². The van der Waals surface area contributed by atoms with Gasteiger partial charge >= 0.3 is 6.01 Å². The molecule has 2 atom stereocenters. The SMILES string of the molecule is [C-]#[N+]C[C@H]1CN(c2nc(OCC34CCCN3CCC4)nc3c2COC(c2cccc4cccc(Cl)c24)C3)CCN1C(=O)C(=C)F. The van der Waals surface area contributed by atoms with Crippen molar-refractivity contribution >= 4 is 34.1 Å². The molecule has 0 bridgehead atoms.